The van der Waals surface area contributed by atoms with E-state index < -0.39 is 5.92 Å². The summed E-state index contributed by atoms with van der Waals surface area (Å²) in [5.41, 5.74) is 14.6. The first-order valence-electron chi connectivity index (χ1n) is 14.3. The van der Waals surface area contributed by atoms with Gasteiger partial charge >= 0.3 is 6.03 Å². The van der Waals surface area contributed by atoms with E-state index in [9.17, 15) is 14.9 Å². The molecule has 0 aromatic carbocycles. The van der Waals surface area contributed by atoms with Crippen LogP contribution in [-0.4, -0.2) is 78.0 Å². The number of likely N-dealkylation sites (N-methyl/N-ethyl adjacent to an activating group) is 2. The molecule has 5 rings (SSSR count). The molecule has 2 atom stereocenters. The predicted octanol–water partition coefficient (Wildman–Crippen LogP) is 3.50. The van der Waals surface area contributed by atoms with E-state index in [1.165, 1.54) is 11.3 Å². The lowest BCUT2D eigenvalue weighted by molar-refractivity contribution is -0.117. The SMILES string of the molecule is CCC/C(C(=O)[C@H]1CCCc2sc(N)c(C#N)c21)=C(/N)c1nc(OC[C@@H]2CCCN2C)cc(N2CCN(C)C2=O)n1. The summed E-state index contributed by atoms with van der Waals surface area (Å²) in [6, 6.07) is 3.99. The molecule has 0 saturated carbocycles. The van der Waals surface area contributed by atoms with Gasteiger partial charge in [-0.2, -0.15) is 10.2 Å². The largest absolute Gasteiger partial charge is 0.476 e. The van der Waals surface area contributed by atoms with Gasteiger partial charge in [0.25, 0.3) is 0 Å². The average Bonchev–Trinajstić information content (AvgIpc) is 3.64. The molecule has 2 aromatic heterocycles. The van der Waals surface area contributed by atoms with Gasteiger partial charge in [-0.15, -0.1) is 11.3 Å². The molecule has 0 unspecified atom stereocenters. The van der Waals surface area contributed by atoms with Crippen LogP contribution < -0.4 is 21.1 Å². The number of nitrogens with zero attached hydrogens (tertiary/aromatic N) is 6. The number of carbonyl (C=O) groups is 2. The van der Waals surface area contributed by atoms with Gasteiger partial charge in [-0.25, -0.2) is 9.78 Å². The number of hydrogen-bond donors (Lipinski definition) is 2. The van der Waals surface area contributed by atoms with E-state index in [2.05, 4.69) is 28.0 Å². The van der Waals surface area contributed by atoms with E-state index in [4.69, 9.17) is 16.2 Å². The Kier molecular flexibility index (Phi) is 8.47. The van der Waals surface area contributed by atoms with E-state index in [0.717, 1.165) is 42.7 Å². The molecule has 0 radical (unpaired) electrons. The van der Waals surface area contributed by atoms with E-state index in [1.54, 1.807) is 22.9 Å². The lowest BCUT2D eigenvalue weighted by Gasteiger charge is -2.24. The molecule has 41 heavy (non-hydrogen) atoms. The van der Waals surface area contributed by atoms with Crippen LogP contribution in [0.3, 0.4) is 0 Å². The Morgan fingerprint density at radius 3 is 2.68 bits per heavy atom. The first-order valence-corrected chi connectivity index (χ1v) is 15.1. The van der Waals surface area contributed by atoms with Gasteiger partial charge in [-0.1, -0.05) is 13.3 Å². The molecule has 0 spiro atoms. The summed E-state index contributed by atoms with van der Waals surface area (Å²) in [7, 11) is 3.82. The van der Waals surface area contributed by atoms with Crippen molar-refractivity contribution in [1.29, 1.82) is 5.26 Å². The number of nitriles is 1. The second-order valence-electron chi connectivity index (χ2n) is 11.1. The standard InChI is InChI=1S/C29H38N8O3S/c1-4-7-19(26(38)18-9-5-10-21-24(18)20(15-30)27(32)41-21)25(31)28-33-22(37-13-12-36(3)29(37)39)14-23(34-28)40-16-17-8-6-11-35(17)2/h14,17-18H,4-13,16,31-32H2,1-3H3/b25-19-/t17-,18-/m0/s1. The molecule has 4 heterocycles. The highest BCUT2D eigenvalue weighted by molar-refractivity contribution is 7.16. The van der Waals surface area contributed by atoms with Gasteiger partial charge in [0.05, 0.1) is 11.3 Å². The van der Waals surface area contributed by atoms with E-state index in [0.29, 0.717) is 66.8 Å². The highest BCUT2D eigenvalue weighted by Crippen LogP contribution is 2.44. The highest BCUT2D eigenvalue weighted by atomic mass is 32.1. The highest BCUT2D eigenvalue weighted by Gasteiger charge is 2.35. The smallest absolute Gasteiger partial charge is 0.325 e. The fourth-order valence-electron chi connectivity index (χ4n) is 6.02. The van der Waals surface area contributed by atoms with Crippen molar-refractivity contribution in [3.8, 4) is 11.9 Å². The van der Waals surface area contributed by atoms with Gasteiger partial charge in [0.1, 0.15) is 23.5 Å². The Bertz CT molecular complexity index is 1410. The number of Topliss-reactive ketones (excluding diaryl/α,β-unsaturated/α-hetero) is 1. The Balaban J connectivity index is 1.54. The van der Waals surface area contributed by atoms with Crippen molar-refractivity contribution < 1.29 is 14.3 Å². The fraction of sp³-hybridized carbons (Fsp3) is 0.552. The first kappa shape index (κ1) is 28.8. The van der Waals surface area contributed by atoms with Crippen molar-refractivity contribution >= 4 is 39.7 Å². The third-order valence-electron chi connectivity index (χ3n) is 8.36. The fourth-order valence-corrected chi connectivity index (χ4v) is 7.14. The molecule has 2 aliphatic heterocycles. The number of amides is 2. The number of nitrogen functional groups attached to an aromatic ring is 1. The molecule has 0 bridgehead atoms. The van der Waals surface area contributed by atoms with Gasteiger partial charge in [-0.3, -0.25) is 9.69 Å². The number of urea groups is 1. The zero-order chi connectivity index (χ0) is 29.3. The summed E-state index contributed by atoms with van der Waals surface area (Å²) in [6.45, 7) is 4.50. The van der Waals surface area contributed by atoms with Gasteiger partial charge < -0.3 is 26.0 Å². The Morgan fingerprint density at radius 2 is 2.02 bits per heavy atom. The molecule has 4 N–H and O–H groups in total. The molecular formula is C29H38N8O3S. The van der Waals surface area contributed by atoms with Crippen LogP contribution >= 0.6 is 11.3 Å². The molecule has 2 saturated heterocycles. The topological polar surface area (TPSA) is 155 Å². The lowest BCUT2D eigenvalue weighted by atomic mass is 9.79. The van der Waals surface area contributed by atoms with Gasteiger partial charge in [0, 0.05) is 48.6 Å². The quantitative estimate of drug-likeness (QED) is 0.425. The number of anilines is 2. The van der Waals surface area contributed by atoms with Crippen LogP contribution in [0.4, 0.5) is 15.6 Å². The number of ketones is 1. The number of ether oxygens (including phenoxy) is 1. The van der Waals surface area contributed by atoms with Crippen molar-refractivity contribution in [3.05, 3.63) is 33.5 Å². The number of allylic oxidation sites excluding steroid dienone is 1. The van der Waals surface area contributed by atoms with Crippen molar-refractivity contribution in [2.45, 2.75) is 63.8 Å². The third kappa shape index (κ3) is 5.61. The summed E-state index contributed by atoms with van der Waals surface area (Å²) >= 11 is 1.40. The molecule has 218 valence electrons. The van der Waals surface area contributed by atoms with Gasteiger partial charge in [-0.05, 0) is 57.7 Å². The average molecular weight is 579 g/mol. The molecule has 1 aliphatic carbocycles. The Morgan fingerprint density at radius 1 is 1.22 bits per heavy atom. The number of aryl methyl sites for hydroxylation is 1. The van der Waals surface area contributed by atoms with Crippen LogP contribution in [0, 0.1) is 11.3 Å². The summed E-state index contributed by atoms with van der Waals surface area (Å²) in [5.74, 6) is 0.255. The maximum Gasteiger partial charge on any atom is 0.325 e. The monoisotopic (exact) mass is 578 g/mol. The predicted molar refractivity (Wildman–Crippen MR) is 159 cm³/mol. The van der Waals surface area contributed by atoms with Crippen LogP contribution in [0.25, 0.3) is 5.70 Å². The Hall–Kier alpha value is -3.69. The zero-order valence-electron chi connectivity index (χ0n) is 24.0. The van der Waals surface area contributed by atoms with Crippen LogP contribution in [-0.2, 0) is 11.2 Å². The minimum atomic E-state index is -0.493. The van der Waals surface area contributed by atoms with Crippen molar-refractivity contribution in [1.82, 2.24) is 19.8 Å². The van der Waals surface area contributed by atoms with Gasteiger partial charge in [0.15, 0.2) is 11.6 Å². The van der Waals surface area contributed by atoms with E-state index >= 15 is 0 Å². The minimum absolute atomic E-state index is 0.124. The molecule has 2 fully saturated rings. The Labute approximate surface area is 244 Å². The number of fused-ring (bicyclic) bond motifs is 1. The number of aromatic nitrogens is 2. The summed E-state index contributed by atoms with van der Waals surface area (Å²) in [5, 5.41) is 10.3. The number of carbonyl (C=O) groups excluding carboxylic acids is 2. The lowest BCUT2D eigenvalue weighted by Crippen LogP contribution is -2.32. The second-order valence-corrected chi connectivity index (χ2v) is 12.2. The van der Waals surface area contributed by atoms with Crippen molar-refractivity contribution in [2.24, 2.45) is 5.73 Å². The number of rotatable bonds is 9. The maximum absolute atomic E-state index is 14.2. The molecule has 3 aliphatic rings. The number of likely N-dealkylation sites (tertiary alicyclic amines) is 1. The molecular weight excluding hydrogens is 540 g/mol. The van der Waals surface area contributed by atoms with Crippen LogP contribution in [0.5, 0.6) is 5.88 Å². The maximum atomic E-state index is 14.2. The van der Waals surface area contributed by atoms with Crippen molar-refractivity contribution in [2.75, 3.05) is 51.0 Å². The van der Waals surface area contributed by atoms with E-state index in [-0.39, 0.29) is 29.4 Å². The van der Waals surface area contributed by atoms with E-state index in [1.807, 2.05) is 6.92 Å². The normalized spacial score (nSPS) is 21.6. The summed E-state index contributed by atoms with van der Waals surface area (Å²) in [6.07, 6.45) is 5.52. The number of thiophene rings is 1. The molecule has 2 amide bonds. The first-order chi connectivity index (χ1) is 19.7. The number of nitrogens with two attached hydrogens (primary N) is 2. The molecule has 12 heteroatoms. The van der Waals surface area contributed by atoms with Crippen LogP contribution in [0.15, 0.2) is 11.6 Å². The zero-order valence-corrected chi connectivity index (χ0v) is 24.8. The van der Waals surface area contributed by atoms with Crippen LogP contribution in [0.2, 0.25) is 0 Å². The minimum Gasteiger partial charge on any atom is -0.476 e. The second kappa shape index (κ2) is 12.0. The summed E-state index contributed by atoms with van der Waals surface area (Å²) in [4.78, 5) is 42.8. The molecule has 11 nitrogen and oxygen atoms in total. The summed E-state index contributed by atoms with van der Waals surface area (Å²) < 4.78 is 6.15. The molecule has 2 aromatic rings. The van der Waals surface area contributed by atoms with Crippen LogP contribution in [0.1, 0.15) is 73.2 Å². The number of hydrogen-bond acceptors (Lipinski definition) is 10. The van der Waals surface area contributed by atoms with Crippen molar-refractivity contribution in [3.63, 3.8) is 0 Å². The third-order valence-corrected chi connectivity index (χ3v) is 9.46. The van der Waals surface area contributed by atoms with Gasteiger partial charge in [0.2, 0.25) is 5.88 Å².